The second-order valence-corrected chi connectivity index (χ2v) is 9.47. The van der Waals surface area contributed by atoms with Gasteiger partial charge in [0.05, 0.1) is 15.6 Å². The van der Waals surface area contributed by atoms with Gasteiger partial charge in [-0.05, 0) is 50.5 Å². The molecule has 1 saturated carbocycles. The number of alkyl halides is 1. The zero-order valence-corrected chi connectivity index (χ0v) is 17.9. The summed E-state index contributed by atoms with van der Waals surface area (Å²) in [6.07, 6.45) is 3.13. The van der Waals surface area contributed by atoms with E-state index in [1.807, 2.05) is 13.0 Å². The Balaban J connectivity index is 1.29. The van der Waals surface area contributed by atoms with E-state index < -0.39 is 12.0 Å². The van der Waals surface area contributed by atoms with Crippen molar-refractivity contribution in [1.29, 1.82) is 0 Å². The molecule has 0 radical (unpaired) electrons. The van der Waals surface area contributed by atoms with Crippen LogP contribution in [0.15, 0.2) is 30.5 Å². The van der Waals surface area contributed by atoms with E-state index in [4.69, 9.17) is 0 Å². The molecular weight excluding hydrogens is 420 g/mol. The number of phenolic OH excluding ortho intramolecular Hbond substituents is 1. The number of nitrogens with one attached hydrogen (secondary N) is 1. The minimum Gasteiger partial charge on any atom is -0.507 e. The molecule has 0 bridgehead atoms. The van der Waals surface area contributed by atoms with Gasteiger partial charge in [0, 0.05) is 42.5 Å². The summed E-state index contributed by atoms with van der Waals surface area (Å²) >= 11 is 1.37. The number of hydrogen-bond acceptors (Lipinski definition) is 7. The lowest BCUT2D eigenvalue weighted by Gasteiger charge is -2.33. The van der Waals surface area contributed by atoms with Crippen LogP contribution in [0.4, 0.5) is 14.6 Å². The number of aromatic nitrogens is 3. The molecule has 1 aliphatic heterocycles. The van der Waals surface area contributed by atoms with Crippen molar-refractivity contribution < 1.29 is 13.9 Å². The second-order valence-electron chi connectivity index (χ2n) is 8.23. The molecule has 9 heteroatoms. The predicted molar refractivity (Wildman–Crippen MR) is 117 cm³/mol. The average Bonchev–Trinajstić information content (AvgIpc) is 3.38. The van der Waals surface area contributed by atoms with Gasteiger partial charge in [-0.1, -0.05) is 0 Å². The number of phenols is 1. The fourth-order valence-electron chi connectivity index (χ4n) is 4.20. The highest BCUT2D eigenvalue weighted by molar-refractivity contribution is 7.15. The number of rotatable bonds is 5. The molecule has 0 spiro atoms. The third-order valence-electron chi connectivity index (χ3n) is 5.96. The Labute approximate surface area is 183 Å². The van der Waals surface area contributed by atoms with Gasteiger partial charge in [-0.15, -0.1) is 21.5 Å². The molecule has 5 rings (SSSR count). The standard InChI is InChI=1S/C22H23F2N5OS/c1-12-25-10-21(31-12)16-9-20(30)17(8-18(16)24)19-2-3-22(28-27-19)29-5-4-14(11-29)26-15-6-13(23)7-15/h2-3,8-10,13-15,26,30H,4-7,11H2,1H3/t13?,14-,15?/m0/s1. The second kappa shape index (κ2) is 8.12. The maximum absolute atomic E-state index is 14.7. The van der Waals surface area contributed by atoms with E-state index in [2.05, 4.69) is 25.4 Å². The molecule has 3 heterocycles. The van der Waals surface area contributed by atoms with Crippen LogP contribution in [0.1, 0.15) is 24.3 Å². The molecule has 1 aliphatic carbocycles. The number of aromatic hydroxyl groups is 1. The van der Waals surface area contributed by atoms with E-state index >= 15 is 0 Å². The van der Waals surface area contributed by atoms with E-state index in [0.717, 1.165) is 30.3 Å². The Kier molecular flexibility index (Phi) is 5.31. The van der Waals surface area contributed by atoms with Gasteiger partial charge in [0.15, 0.2) is 5.82 Å². The lowest BCUT2D eigenvalue weighted by atomic mass is 9.90. The van der Waals surface area contributed by atoms with Crippen LogP contribution in [0.2, 0.25) is 0 Å². The van der Waals surface area contributed by atoms with Crippen molar-refractivity contribution in [2.75, 3.05) is 18.0 Å². The number of thiazole rings is 1. The van der Waals surface area contributed by atoms with Crippen LogP contribution >= 0.6 is 11.3 Å². The molecule has 0 amide bonds. The van der Waals surface area contributed by atoms with Crippen molar-refractivity contribution in [3.05, 3.63) is 41.3 Å². The Morgan fingerprint density at radius 2 is 2.00 bits per heavy atom. The lowest BCUT2D eigenvalue weighted by Crippen LogP contribution is -2.48. The van der Waals surface area contributed by atoms with Gasteiger partial charge >= 0.3 is 0 Å². The van der Waals surface area contributed by atoms with Gasteiger partial charge in [-0.2, -0.15) is 0 Å². The Morgan fingerprint density at radius 3 is 2.68 bits per heavy atom. The molecule has 6 nitrogen and oxygen atoms in total. The molecule has 3 aromatic rings. The van der Waals surface area contributed by atoms with Crippen molar-refractivity contribution in [1.82, 2.24) is 20.5 Å². The quantitative estimate of drug-likeness (QED) is 0.619. The van der Waals surface area contributed by atoms with Crippen molar-refractivity contribution in [3.63, 3.8) is 0 Å². The normalized spacial score (nSPS) is 23.2. The molecular formula is C22H23F2N5OS. The Hall–Kier alpha value is -2.65. The molecule has 162 valence electrons. The lowest BCUT2D eigenvalue weighted by molar-refractivity contribution is 0.148. The first-order valence-corrected chi connectivity index (χ1v) is 11.2. The molecule has 2 N–H and O–H groups in total. The van der Waals surface area contributed by atoms with Gasteiger partial charge in [-0.3, -0.25) is 0 Å². The van der Waals surface area contributed by atoms with Crippen molar-refractivity contribution in [2.45, 2.75) is 44.4 Å². The molecule has 31 heavy (non-hydrogen) atoms. The largest absolute Gasteiger partial charge is 0.507 e. The molecule has 1 saturated heterocycles. The predicted octanol–water partition coefficient (Wildman–Crippen LogP) is 4.09. The Bertz CT molecular complexity index is 1080. The van der Waals surface area contributed by atoms with E-state index in [9.17, 15) is 13.9 Å². The maximum Gasteiger partial charge on any atom is 0.151 e. The maximum atomic E-state index is 14.7. The number of anilines is 1. The summed E-state index contributed by atoms with van der Waals surface area (Å²) in [6.45, 7) is 3.49. The summed E-state index contributed by atoms with van der Waals surface area (Å²) in [5.41, 5.74) is 1.02. The SMILES string of the molecule is Cc1ncc(-c2cc(O)c(-c3ccc(N4CC[C@H](NC5CC(F)C5)C4)nn3)cc2F)s1. The smallest absolute Gasteiger partial charge is 0.151 e. The zero-order chi connectivity index (χ0) is 21.5. The minimum absolute atomic E-state index is 0.0541. The highest BCUT2D eigenvalue weighted by atomic mass is 32.1. The van der Waals surface area contributed by atoms with Crippen molar-refractivity contribution in [2.24, 2.45) is 0 Å². The zero-order valence-electron chi connectivity index (χ0n) is 17.1. The van der Waals surface area contributed by atoms with Gasteiger partial charge in [0.25, 0.3) is 0 Å². The van der Waals surface area contributed by atoms with E-state index in [0.29, 0.717) is 40.6 Å². The minimum atomic E-state index is -0.658. The van der Waals surface area contributed by atoms with E-state index in [1.54, 1.807) is 12.3 Å². The molecule has 2 aliphatic rings. The summed E-state index contributed by atoms with van der Waals surface area (Å²) in [4.78, 5) is 6.95. The van der Waals surface area contributed by atoms with Crippen LogP contribution < -0.4 is 10.2 Å². The molecule has 0 unspecified atom stereocenters. The van der Waals surface area contributed by atoms with Crippen molar-refractivity contribution in [3.8, 4) is 27.4 Å². The highest BCUT2D eigenvalue weighted by Crippen LogP contribution is 2.37. The fraction of sp³-hybridized carbons (Fsp3) is 0.409. The fourth-order valence-corrected chi connectivity index (χ4v) is 5.00. The van der Waals surface area contributed by atoms with E-state index in [-0.39, 0.29) is 11.8 Å². The highest BCUT2D eigenvalue weighted by Gasteiger charge is 2.33. The average molecular weight is 444 g/mol. The number of benzene rings is 1. The monoisotopic (exact) mass is 443 g/mol. The molecule has 2 fully saturated rings. The van der Waals surface area contributed by atoms with Crippen LogP contribution in [0, 0.1) is 12.7 Å². The first-order chi connectivity index (χ1) is 15.0. The van der Waals surface area contributed by atoms with Gasteiger partial charge < -0.3 is 15.3 Å². The van der Waals surface area contributed by atoms with Crippen LogP contribution in [-0.4, -0.2) is 51.6 Å². The molecule has 1 aromatic carbocycles. The van der Waals surface area contributed by atoms with E-state index in [1.165, 1.54) is 23.5 Å². The number of hydrogen-bond donors (Lipinski definition) is 2. The number of halogens is 2. The van der Waals surface area contributed by atoms with Gasteiger partial charge in [0.1, 0.15) is 17.7 Å². The summed E-state index contributed by atoms with van der Waals surface area (Å²) in [6, 6.07) is 6.88. The van der Waals surface area contributed by atoms with Crippen LogP contribution in [0.25, 0.3) is 21.7 Å². The number of nitrogens with zero attached hydrogens (tertiary/aromatic N) is 4. The van der Waals surface area contributed by atoms with Crippen LogP contribution in [0.3, 0.4) is 0 Å². The van der Waals surface area contributed by atoms with Crippen molar-refractivity contribution >= 4 is 17.2 Å². The number of aryl methyl sites for hydroxylation is 1. The summed E-state index contributed by atoms with van der Waals surface area (Å²) in [5.74, 6) is 0.241. The molecule has 1 atom stereocenters. The van der Waals surface area contributed by atoms with Gasteiger partial charge in [0.2, 0.25) is 0 Å². The topological polar surface area (TPSA) is 74.2 Å². The van der Waals surface area contributed by atoms with Crippen LogP contribution in [0.5, 0.6) is 5.75 Å². The first kappa shape index (κ1) is 20.3. The first-order valence-electron chi connectivity index (χ1n) is 10.4. The third-order valence-corrected chi connectivity index (χ3v) is 6.91. The van der Waals surface area contributed by atoms with Gasteiger partial charge in [-0.25, -0.2) is 13.8 Å². The Morgan fingerprint density at radius 1 is 1.16 bits per heavy atom. The van der Waals surface area contributed by atoms with Crippen LogP contribution in [-0.2, 0) is 0 Å². The summed E-state index contributed by atoms with van der Waals surface area (Å²) in [7, 11) is 0. The molecule has 2 aromatic heterocycles. The third kappa shape index (κ3) is 4.12. The summed E-state index contributed by atoms with van der Waals surface area (Å²) < 4.78 is 27.7. The summed E-state index contributed by atoms with van der Waals surface area (Å²) in [5, 5.41) is 23.4.